The predicted octanol–water partition coefficient (Wildman–Crippen LogP) is 4.98. The van der Waals surface area contributed by atoms with Crippen LogP contribution in [0.4, 0.5) is 4.39 Å². The summed E-state index contributed by atoms with van der Waals surface area (Å²) in [7, 11) is 2.01. The fourth-order valence-corrected chi connectivity index (χ4v) is 3.39. The first-order valence-corrected chi connectivity index (χ1v) is 10.0. The smallest absolute Gasteiger partial charge is 0.249 e. The summed E-state index contributed by atoms with van der Waals surface area (Å²) in [6.45, 7) is 1.41. The van der Waals surface area contributed by atoms with Gasteiger partial charge in [-0.25, -0.2) is 4.39 Å². The number of aromatic nitrogens is 4. The number of aromatic amines is 1. The van der Waals surface area contributed by atoms with Crippen molar-refractivity contribution in [3.63, 3.8) is 0 Å². The number of hydrogen-bond donors (Lipinski definition) is 1. The lowest BCUT2D eigenvalue weighted by Gasteiger charge is -2.13. The molecule has 0 unspecified atom stereocenters. The van der Waals surface area contributed by atoms with Crippen molar-refractivity contribution >= 4 is 11.6 Å². The van der Waals surface area contributed by atoms with E-state index in [1.54, 1.807) is 18.2 Å². The van der Waals surface area contributed by atoms with Gasteiger partial charge in [-0.15, -0.1) is 10.2 Å². The van der Waals surface area contributed by atoms with E-state index < -0.39 is 0 Å². The zero-order chi connectivity index (χ0) is 20.9. The molecule has 2 aromatic heterocycles. The molecule has 0 spiro atoms. The molecule has 8 heteroatoms. The molecule has 0 saturated heterocycles. The van der Waals surface area contributed by atoms with Crippen molar-refractivity contribution in [1.29, 1.82) is 0 Å². The first kappa shape index (κ1) is 20.3. The van der Waals surface area contributed by atoms with Crippen LogP contribution in [0.1, 0.15) is 18.0 Å². The predicted molar refractivity (Wildman–Crippen MR) is 113 cm³/mol. The summed E-state index contributed by atoms with van der Waals surface area (Å²) >= 11 is 6.19. The highest BCUT2D eigenvalue weighted by Crippen LogP contribution is 2.26. The molecule has 0 bridgehead atoms. The molecule has 4 rings (SSSR count). The standard InChI is InChI=1S/C22H21ClFN5O/c1-29(14-21-27-28-22(30-21)18-6-2-3-7-19(18)23)12-4-5-17-13-20(26-25-17)15-8-10-16(24)11-9-15/h2-3,6-11,13H,4-5,12,14H2,1H3,(H,25,26). The van der Waals surface area contributed by atoms with Crippen molar-refractivity contribution in [3.05, 3.63) is 77.0 Å². The zero-order valence-corrected chi connectivity index (χ0v) is 17.2. The van der Waals surface area contributed by atoms with E-state index in [-0.39, 0.29) is 5.82 Å². The van der Waals surface area contributed by atoms with Gasteiger partial charge in [0.15, 0.2) is 0 Å². The van der Waals surface area contributed by atoms with Gasteiger partial charge in [-0.3, -0.25) is 10.00 Å². The second-order valence-corrected chi connectivity index (χ2v) is 7.51. The molecule has 0 aliphatic heterocycles. The van der Waals surface area contributed by atoms with Crippen molar-refractivity contribution in [3.8, 4) is 22.7 Å². The summed E-state index contributed by atoms with van der Waals surface area (Å²) < 4.78 is 18.8. The second-order valence-electron chi connectivity index (χ2n) is 7.11. The van der Waals surface area contributed by atoms with E-state index in [9.17, 15) is 4.39 Å². The lowest BCUT2D eigenvalue weighted by atomic mass is 10.1. The third-order valence-corrected chi connectivity index (χ3v) is 5.06. The van der Waals surface area contributed by atoms with Crippen molar-refractivity contribution in [2.45, 2.75) is 19.4 Å². The van der Waals surface area contributed by atoms with Crippen LogP contribution in [0, 0.1) is 5.82 Å². The number of nitrogens with zero attached hydrogens (tertiary/aromatic N) is 4. The van der Waals surface area contributed by atoms with Gasteiger partial charge in [0.1, 0.15) is 5.82 Å². The minimum absolute atomic E-state index is 0.252. The van der Waals surface area contributed by atoms with Crippen molar-refractivity contribution < 1.29 is 8.81 Å². The third kappa shape index (κ3) is 4.93. The SMILES string of the molecule is CN(CCCc1cc(-c2ccc(F)cc2)n[nH]1)Cc1nnc(-c2ccccc2Cl)o1. The minimum atomic E-state index is -0.252. The number of aryl methyl sites for hydroxylation is 1. The monoisotopic (exact) mass is 425 g/mol. The molecule has 2 heterocycles. The highest BCUT2D eigenvalue weighted by atomic mass is 35.5. The molecule has 1 N–H and O–H groups in total. The summed E-state index contributed by atoms with van der Waals surface area (Å²) in [6, 6.07) is 15.7. The Kier molecular flexibility index (Phi) is 6.21. The van der Waals surface area contributed by atoms with E-state index in [0.717, 1.165) is 41.9 Å². The van der Waals surface area contributed by atoms with Gasteiger partial charge in [0.2, 0.25) is 11.8 Å². The Bertz CT molecular complexity index is 1110. The number of hydrogen-bond acceptors (Lipinski definition) is 5. The number of H-pyrrole nitrogens is 1. The molecule has 30 heavy (non-hydrogen) atoms. The molecule has 0 atom stereocenters. The van der Waals surface area contributed by atoms with Crippen LogP contribution in [0.3, 0.4) is 0 Å². The van der Waals surface area contributed by atoms with Gasteiger partial charge < -0.3 is 4.42 Å². The largest absolute Gasteiger partial charge is 0.419 e. The summed E-state index contributed by atoms with van der Waals surface area (Å²) in [5.41, 5.74) is 3.48. The zero-order valence-electron chi connectivity index (χ0n) is 16.5. The summed E-state index contributed by atoms with van der Waals surface area (Å²) in [6.07, 6.45) is 1.79. The van der Waals surface area contributed by atoms with E-state index in [1.165, 1.54) is 12.1 Å². The van der Waals surface area contributed by atoms with Crippen LogP contribution in [0.15, 0.2) is 59.0 Å². The highest BCUT2D eigenvalue weighted by molar-refractivity contribution is 6.33. The Labute approximate surface area is 178 Å². The van der Waals surface area contributed by atoms with Crippen LogP contribution < -0.4 is 0 Å². The molecule has 0 radical (unpaired) electrons. The number of benzene rings is 2. The molecule has 4 aromatic rings. The Balaban J connectivity index is 1.27. The summed E-state index contributed by atoms with van der Waals surface area (Å²) in [5.74, 6) is 0.722. The van der Waals surface area contributed by atoms with Gasteiger partial charge in [-0.05, 0) is 68.9 Å². The van der Waals surface area contributed by atoms with Gasteiger partial charge in [-0.1, -0.05) is 23.7 Å². The molecule has 0 saturated carbocycles. The Hall–Kier alpha value is -3.03. The maximum absolute atomic E-state index is 13.1. The fraction of sp³-hybridized carbons (Fsp3) is 0.227. The molecule has 0 fully saturated rings. The van der Waals surface area contributed by atoms with Crippen LogP contribution in [0.5, 0.6) is 0 Å². The molecular formula is C22H21ClFN5O. The molecule has 154 valence electrons. The Morgan fingerprint density at radius 2 is 1.90 bits per heavy atom. The van der Waals surface area contributed by atoms with Gasteiger partial charge in [0.05, 0.1) is 22.8 Å². The van der Waals surface area contributed by atoms with Crippen molar-refractivity contribution in [1.82, 2.24) is 25.3 Å². The van der Waals surface area contributed by atoms with Crippen molar-refractivity contribution in [2.24, 2.45) is 0 Å². The highest BCUT2D eigenvalue weighted by Gasteiger charge is 2.13. The number of nitrogens with one attached hydrogen (secondary N) is 1. The molecule has 0 amide bonds. The Morgan fingerprint density at radius 1 is 1.10 bits per heavy atom. The molecule has 6 nitrogen and oxygen atoms in total. The second kappa shape index (κ2) is 9.19. The van der Waals surface area contributed by atoms with E-state index in [1.807, 2.05) is 31.3 Å². The van der Waals surface area contributed by atoms with Crippen LogP contribution in [0.25, 0.3) is 22.7 Å². The van der Waals surface area contributed by atoms with Gasteiger partial charge in [0, 0.05) is 11.3 Å². The maximum Gasteiger partial charge on any atom is 0.249 e. The average molecular weight is 426 g/mol. The normalized spacial score (nSPS) is 11.3. The number of halogens is 2. The summed E-state index contributed by atoms with van der Waals surface area (Å²) in [5, 5.41) is 16.2. The lowest BCUT2D eigenvalue weighted by molar-refractivity contribution is 0.286. The average Bonchev–Trinajstić information content (AvgIpc) is 3.39. The third-order valence-electron chi connectivity index (χ3n) is 4.73. The van der Waals surface area contributed by atoms with Gasteiger partial charge in [0.25, 0.3) is 0 Å². The van der Waals surface area contributed by atoms with Crippen LogP contribution in [-0.4, -0.2) is 38.9 Å². The molecule has 0 aliphatic carbocycles. The Morgan fingerprint density at radius 3 is 2.70 bits per heavy atom. The lowest BCUT2D eigenvalue weighted by Crippen LogP contribution is -2.19. The fourth-order valence-electron chi connectivity index (χ4n) is 3.17. The summed E-state index contributed by atoms with van der Waals surface area (Å²) in [4.78, 5) is 2.13. The van der Waals surface area contributed by atoms with Gasteiger partial charge >= 0.3 is 0 Å². The topological polar surface area (TPSA) is 70.8 Å². The minimum Gasteiger partial charge on any atom is -0.419 e. The van der Waals surface area contributed by atoms with Gasteiger partial charge in [-0.2, -0.15) is 5.10 Å². The van der Waals surface area contributed by atoms with E-state index in [4.69, 9.17) is 16.0 Å². The van der Waals surface area contributed by atoms with Crippen LogP contribution in [0.2, 0.25) is 5.02 Å². The van der Waals surface area contributed by atoms with E-state index in [0.29, 0.717) is 23.3 Å². The first-order valence-electron chi connectivity index (χ1n) is 9.64. The maximum atomic E-state index is 13.1. The number of rotatable bonds is 8. The quantitative estimate of drug-likeness (QED) is 0.431. The van der Waals surface area contributed by atoms with Crippen LogP contribution in [-0.2, 0) is 13.0 Å². The van der Waals surface area contributed by atoms with E-state index >= 15 is 0 Å². The van der Waals surface area contributed by atoms with Crippen LogP contribution >= 0.6 is 11.6 Å². The molecule has 2 aromatic carbocycles. The van der Waals surface area contributed by atoms with E-state index in [2.05, 4.69) is 25.3 Å². The molecule has 0 aliphatic rings. The van der Waals surface area contributed by atoms with Crippen molar-refractivity contribution in [2.75, 3.05) is 13.6 Å². The first-order chi connectivity index (χ1) is 14.6. The molecular weight excluding hydrogens is 405 g/mol.